The summed E-state index contributed by atoms with van der Waals surface area (Å²) in [6.45, 7) is 6.92. The van der Waals surface area contributed by atoms with Gasteiger partial charge in [-0.1, -0.05) is 11.6 Å². The number of carbonyl (C=O) groups excluding carboxylic acids is 1. The number of pyridine rings is 1. The molecule has 0 spiro atoms. The fourth-order valence-electron chi connectivity index (χ4n) is 2.70. The fraction of sp³-hybridized carbons (Fsp3) is 0.412. The van der Waals surface area contributed by atoms with Crippen LogP contribution in [0.15, 0.2) is 30.5 Å². The lowest BCUT2D eigenvalue weighted by Crippen LogP contribution is -2.46. The molecule has 0 N–H and O–H groups in total. The number of esters is 1. The zero-order chi connectivity index (χ0) is 16.9. The van der Waals surface area contributed by atoms with Crippen molar-refractivity contribution >= 4 is 34.7 Å². The van der Waals surface area contributed by atoms with Crippen molar-refractivity contribution in [1.82, 2.24) is 9.88 Å². The molecule has 3 heterocycles. The summed E-state index contributed by atoms with van der Waals surface area (Å²) in [5, 5.41) is 0. The molecular formula is C17H20ClN3O2S. The zero-order valence-corrected chi connectivity index (χ0v) is 15.1. The van der Waals surface area contributed by atoms with Gasteiger partial charge in [-0.2, -0.15) is 0 Å². The van der Waals surface area contributed by atoms with E-state index in [1.165, 1.54) is 4.88 Å². The predicted octanol–water partition coefficient (Wildman–Crippen LogP) is 3.30. The SMILES string of the molecule is CCOC(=O)c1ccc(N2CCN(Cc3ccc(Cl)s3)CC2)nc1. The van der Waals surface area contributed by atoms with Crippen LogP contribution >= 0.6 is 22.9 Å². The number of rotatable bonds is 5. The van der Waals surface area contributed by atoms with Crippen LogP contribution in [0.3, 0.4) is 0 Å². The maximum Gasteiger partial charge on any atom is 0.339 e. The highest BCUT2D eigenvalue weighted by Crippen LogP contribution is 2.23. The van der Waals surface area contributed by atoms with Crippen LogP contribution in [0.25, 0.3) is 0 Å². The Morgan fingerprint density at radius 1 is 1.25 bits per heavy atom. The molecule has 0 aromatic carbocycles. The van der Waals surface area contributed by atoms with Crippen LogP contribution in [0.1, 0.15) is 22.2 Å². The molecule has 0 amide bonds. The van der Waals surface area contributed by atoms with Crippen molar-refractivity contribution in [3.05, 3.63) is 45.2 Å². The molecule has 128 valence electrons. The largest absolute Gasteiger partial charge is 0.462 e. The van der Waals surface area contributed by atoms with Crippen molar-refractivity contribution in [3.8, 4) is 0 Å². The molecule has 5 nitrogen and oxygen atoms in total. The lowest BCUT2D eigenvalue weighted by Gasteiger charge is -2.35. The van der Waals surface area contributed by atoms with E-state index in [1.54, 1.807) is 30.5 Å². The summed E-state index contributed by atoms with van der Waals surface area (Å²) >= 11 is 7.63. The van der Waals surface area contributed by atoms with E-state index in [-0.39, 0.29) is 5.97 Å². The van der Waals surface area contributed by atoms with Gasteiger partial charge in [0.1, 0.15) is 5.82 Å². The summed E-state index contributed by atoms with van der Waals surface area (Å²) < 4.78 is 5.82. The second-order valence-electron chi connectivity index (χ2n) is 5.59. The lowest BCUT2D eigenvalue weighted by molar-refractivity contribution is 0.0526. The minimum Gasteiger partial charge on any atom is -0.462 e. The van der Waals surface area contributed by atoms with E-state index in [9.17, 15) is 4.79 Å². The lowest BCUT2D eigenvalue weighted by atomic mass is 10.2. The van der Waals surface area contributed by atoms with Crippen molar-refractivity contribution in [2.75, 3.05) is 37.7 Å². The molecule has 1 fully saturated rings. The summed E-state index contributed by atoms with van der Waals surface area (Å²) in [6.07, 6.45) is 1.59. The highest BCUT2D eigenvalue weighted by Gasteiger charge is 2.19. The normalized spacial score (nSPS) is 15.5. The summed E-state index contributed by atoms with van der Waals surface area (Å²) in [7, 11) is 0. The van der Waals surface area contributed by atoms with Gasteiger partial charge >= 0.3 is 5.97 Å². The average Bonchev–Trinajstić information content (AvgIpc) is 3.01. The monoisotopic (exact) mass is 365 g/mol. The molecule has 0 atom stereocenters. The number of carbonyl (C=O) groups is 1. The Kier molecular flexibility index (Phi) is 5.71. The summed E-state index contributed by atoms with van der Waals surface area (Å²) in [5.74, 6) is 0.581. The molecule has 2 aromatic heterocycles. The second-order valence-corrected chi connectivity index (χ2v) is 7.39. The first-order valence-electron chi connectivity index (χ1n) is 8.00. The van der Waals surface area contributed by atoms with Gasteiger partial charge in [0, 0.05) is 43.8 Å². The van der Waals surface area contributed by atoms with Crippen molar-refractivity contribution < 1.29 is 9.53 Å². The van der Waals surface area contributed by atoms with Crippen LogP contribution in [-0.2, 0) is 11.3 Å². The molecule has 0 saturated carbocycles. The average molecular weight is 366 g/mol. The first-order valence-corrected chi connectivity index (χ1v) is 9.20. The number of anilines is 1. The molecular weight excluding hydrogens is 346 g/mol. The first kappa shape index (κ1) is 17.2. The third-order valence-corrected chi connectivity index (χ3v) is 5.18. The van der Waals surface area contributed by atoms with Gasteiger partial charge in [-0.25, -0.2) is 9.78 Å². The van der Waals surface area contributed by atoms with Gasteiger partial charge in [0.15, 0.2) is 0 Å². The number of ether oxygens (including phenoxy) is 1. The van der Waals surface area contributed by atoms with Gasteiger partial charge in [-0.15, -0.1) is 11.3 Å². The maximum absolute atomic E-state index is 11.7. The number of piperazine rings is 1. The minimum atomic E-state index is -0.323. The molecule has 1 saturated heterocycles. The Hall–Kier alpha value is -1.63. The smallest absolute Gasteiger partial charge is 0.339 e. The number of nitrogens with zero attached hydrogens (tertiary/aromatic N) is 3. The Labute approximate surface area is 150 Å². The van der Waals surface area contributed by atoms with Gasteiger partial charge < -0.3 is 9.64 Å². The van der Waals surface area contributed by atoms with Gasteiger partial charge in [0.05, 0.1) is 16.5 Å². The number of hydrogen-bond acceptors (Lipinski definition) is 6. The topological polar surface area (TPSA) is 45.7 Å². The Balaban J connectivity index is 1.53. The number of hydrogen-bond donors (Lipinski definition) is 0. The van der Waals surface area contributed by atoms with E-state index in [0.29, 0.717) is 12.2 Å². The van der Waals surface area contributed by atoms with Crippen molar-refractivity contribution in [2.24, 2.45) is 0 Å². The van der Waals surface area contributed by atoms with E-state index in [1.807, 2.05) is 12.1 Å². The number of halogens is 1. The van der Waals surface area contributed by atoms with Crippen LogP contribution in [0.2, 0.25) is 4.34 Å². The van der Waals surface area contributed by atoms with Gasteiger partial charge in [-0.05, 0) is 31.2 Å². The van der Waals surface area contributed by atoms with Crippen LogP contribution in [0.5, 0.6) is 0 Å². The highest BCUT2D eigenvalue weighted by molar-refractivity contribution is 7.16. The highest BCUT2D eigenvalue weighted by atomic mass is 35.5. The van der Waals surface area contributed by atoms with E-state index >= 15 is 0 Å². The molecule has 7 heteroatoms. The van der Waals surface area contributed by atoms with E-state index in [0.717, 1.165) is 42.9 Å². The quantitative estimate of drug-likeness (QED) is 0.761. The summed E-state index contributed by atoms with van der Waals surface area (Å²) in [5.41, 5.74) is 0.494. The fourth-order valence-corrected chi connectivity index (χ4v) is 3.83. The van der Waals surface area contributed by atoms with Gasteiger partial charge in [-0.3, -0.25) is 4.90 Å². The van der Waals surface area contributed by atoms with Gasteiger partial charge in [0.25, 0.3) is 0 Å². The molecule has 3 rings (SSSR count). The Morgan fingerprint density at radius 2 is 2.04 bits per heavy atom. The first-order chi connectivity index (χ1) is 11.7. The van der Waals surface area contributed by atoms with Crippen LogP contribution in [-0.4, -0.2) is 48.6 Å². The summed E-state index contributed by atoms with van der Waals surface area (Å²) in [4.78, 5) is 22.0. The third kappa shape index (κ3) is 4.26. The predicted molar refractivity (Wildman–Crippen MR) is 97.0 cm³/mol. The molecule has 2 aromatic rings. The Morgan fingerprint density at radius 3 is 2.62 bits per heavy atom. The molecule has 0 bridgehead atoms. The van der Waals surface area contributed by atoms with Crippen molar-refractivity contribution in [3.63, 3.8) is 0 Å². The molecule has 1 aliphatic heterocycles. The van der Waals surface area contributed by atoms with Crippen LogP contribution in [0, 0.1) is 0 Å². The van der Waals surface area contributed by atoms with Gasteiger partial charge in [0.2, 0.25) is 0 Å². The molecule has 24 heavy (non-hydrogen) atoms. The second kappa shape index (κ2) is 7.96. The van der Waals surface area contributed by atoms with E-state index in [4.69, 9.17) is 16.3 Å². The molecule has 0 aliphatic carbocycles. The zero-order valence-electron chi connectivity index (χ0n) is 13.6. The van der Waals surface area contributed by atoms with Crippen LogP contribution in [0.4, 0.5) is 5.82 Å². The third-order valence-electron chi connectivity index (χ3n) is 3.96. The Bertz CT molecular complexity index is 681. The number of thiophene rings is 1. The minimum absolute atomic E-state index is 0.323. The van der Waals surface area contributed by atoms with Crippen molar-refractivity contribution in [2.45, 2.75) is 13.5 Å². The van der Waals surface area contributed by atoms with Crippen molar-refractivity contribution in [1.29, 1.82) is 0 Å². The molecule has 0 radical (unpaired) electrons. The van der Waals surface area contributed by atoms with E-state index < -0.39 is 0 Å². The number of aromatic nitrogens is 1. The van der Waals surface area contributed by atoms with E-state index in [2.05, 4.69) is 20.9 Å². The maximum atomic E-state index is 11.7. The molecule has 0 unspecified atom stereocenters. The standard InChI is InChI=1S/C17H20ClN3O2S/c1-2-23-17(22)13-3-6-16(19-11-13)21-9-7-20(8-10-21)12-14-4-5-15(18)24-14/h3-6,11H,2,7-10,12H2,1H3. The molecule has 1 aliphatic rings. The summed E-state index contributed by atoms with van der Waals surface area (Å²) in [6, 6.07) is 7.71. The van der Waals surface area contributed by atoms with Crippen LogP contribution < -0.4 is 4.90 Å².